The number of para-hydroxylation sites is 1. The fraction of sp³-hybridized carbons (Fsp3) is 0.500. The van der Waals surface area contributed by atoms with E-state index in [4.69, 9.17) is 0 Å². The Labute approximate surface area is 124 Å². The Bertz CT molecular complexity index is 502. The molecule has 0 bridgehead atoms. The molecule has 22 heavy (non-hydrogen) atoms. The zero-order chi connectivity index (χ0) is 16.9. The number of hydrogen-bond acceptors (Lipinski definition) is 2. The zero-order valence-corrected chi connectivity index (χ0v) is 12.0. The molecular weight excluding hydrogens is 309 g/mol. The quantitative estimate of drug-likeness (QED) is 0.741. The van der Waals surface area contributed by atoms with Crippen molar-refractivity contribution in [3.05, 3.63) is 29.8 Å². The van der Waals surface area contributed by atoms with Crippen LogP contribution in [0.3, 0.4) is 0 Å². The molecular formula is C14H16F5NO2. The van der Waals surface area contributed by atoms with Gasteiger partial charge in [-0.2, -0.15) is 22.0 Å². The topological polar surface area (TPSA) is 29.5 Å². The highest BCUT2D eigenvalue weighted by Gasteiger charge is 2.34. The summed E-state index contributed by atoms with van der Waals surface area (Å²) >= 11 is 0. The fourth-order valence-electron chi connectivity index (χ4n) is 1.89. The van der Waals surface area contributed by atoms with Crippen LogP contribution in [-0.4, -0.2) is 36.7 Å². The average molecular weight is 325 g/mol. The second kappa shape index (κ2) is 7.42. The van der Waals surface area contributed by atoms with Gasteiger partial charge in [0.1, 0.15) is 12.3 Å². The third kappa shape index (κ3) is 5.87. The molecule has 1 aromatic carbocycles. The molecule has 0 saturated carbocycles. The van der Waals surface area contributed by atoms with E-state index < -0.39 is 31.0 Å². The lowest BCUT2D eigenvalue weighted by Crippen LogP contribution is -2.41. The summed E-state index contributed by atoms with van der Waals surface area (Å²) in [4.78, 5) is 12.8. The first kappa shape index (κ1) is 18.2. The van der Waals surface area contributed by atoms with Gasteiger partial charge in [0.2, 0.25) is 0 Å². The highest BCUT2D eigenvalue weighted by molar-refractivity contribution is 5.97. The van der Waals surface area contributed by atoms with Gasteiger partial charge in [0.15, 0.2) is 0 Å². The van der Waals surface area contributed by atoms with E-state index in [-0.39, 0.29) is 18.0 Å². The Morgan fingerprint density at radius 2 is 1.82 bits per heavy atom. The Kier molecular flexibility index (Phi) is 6.13. The Balaban J connectivity index is 3.08. The zero-order valence-electron chi connectivity index (χ0n) is 12.0. The van der Waals surface area contributed by atoms with Crippen LogP contribution < -0.4 is 4.74 Å². The van der Waals surface area contributed by atoms with Gasteiger partial charge in [0.05, 0.1) is 5.56 Å². The lowest BCUT2D eigenvalue weighted by Gasteiger charge is -2.26. The number of alkyl halides is 5. The van der Waals surface area contributed by atoms with Crippen molar-refractivity contribution in [3.63, 3.8) is 0 Å². The molecule has 0 radical (unpaired) electrons. The van der Waals surface area contributed by atoms with Crippen LogP contribution in [0.2, 0.25) is 0 Å². The summed E-state index contributed by atoms with van der Waals surface area (Å²) in [5.74, 6) is -1.66. The molecule has 0 spiro atoms. The fourth-order valence-corrected chi connectivity index (χ4v) is 1.89. The van der Waals surface area contributed by atoms with Crippen molar-refractivity contribution in [2.24, 2.45) is 5.92 Å². The number of ether oxygens (including phenoxy) is 1. The monoisotopic (exact) mass is 325 g/mol. The van der Waals surface area contributed by atoms with Crippen LogP contribution in [0.25, 0.3) is 0 Å². The number of carbonyl (C=O) groups is 1. The van der Waals surface area contributed by atoms with Gasteiger partial charge in [0.25, 0.3) is 5.91 Å². The van der Waals surface area contributed by atoms with E-state index in [0.717, 1.165) is 12.1 Å². The first-order chi connectivity index (χ1) is 10.1. The Morgan fingerprint density at radius 3 is 2.32 bits per heavy atom. The van der Waals surface area contributed by atoms with Gasteiger partial charge in [-0.1, -0.05) is 26.0 Å². The molecule has 0 aliphatic heterocycles. The molecule has 3 nitrogen and oxygen atoms in total. The van der Waals surface area contributed by atoms with Crippen molar-refractivity contribution in [2.75, 3.05) is 13.1 Å². The third-order valence-corrected chi connectivity index (χ3v) is 2.58. The highest BCUT2D eigenvalue weighted by atomic mass is 19.4. The van der Waals surface area contributed by atoms with Gasteiger partial charge in [-0.05, 0) is 18.1 Å². The summed E-state index contributed by atoms with van der Waals surface area (Å²) in [5.41, 5.74) is -0.326. The minimum atomic E-state index is -4.58. The van der Waals surface area contributed by atoms with E-state index in [2.05, 4.69) is 4.74 Å². The third-order valence-electron chi connectivity index (χ3n) is 2.58. The molecule has 0 fully saturated rings. The van der Waals surface area contributed by atoms with E-state index in [0.29, 0.717) is 4.90 Å². The molecule has 0 aromatic heterocycles. The molecule has 0 aliphatic rings. The van der Waals surface area contributed by atoms with Gasteiger partial charge >= 0.3 is 12.8 Å². The predicted octanol–water partition coefficient (Wildman–Crippen LogP) is 3.95. The minimum absolute atomic E-state index is 0.151. The maximum absolute atomic E-state index is 12.6. The van der Waals surface area contributed by atoms with Crippen molar-refractivity contribution in [1.82, 2.24) is 4.90 Å². The van der Waals surface area contributed by atoms with Crippen LogP contribution >= 0.6 is 0 Å². The van der Waals surface area contributed by atoms with Gasteiger partial charge in [-0.3, -0.25) is 4.79 Å². The van der Waals surface area contributed by atoms with Gasteiger partial charge in [-0.15, -0.1) is 0 Å². The number of carbonyl (C=O) groups excluding carboxylic acids is 1. The second-order valence-electron chi connectivity index (χ2n) is 5.07. The van der Waals surface area contributed by atoms with Crippen molar-refractivity contribution < 1.29 is 31.5 Å². The van der Waals surface area contributed by atoms with E-state index in [1.165, 1.54) is 12.1 Å². The van der Waals surface area contributed by atoms with Crippen molar-refractivity contribution >= 4 is 5.91 Å². The van der Waals surface area contributed by atoms with Crippen LogP contribution in [0.1, 0.15) is 24.2 Å². The average Bonchev–Trinajstić information content (AvgIpc) is 2.35. The summed E-state index contributed by atoms with van der Waals surface area (Å²) in [5, 5.41) is 0. The maximum atomic E-state index is 12.6. The van der Waals surface area contributed by atoms with E-state index in [1.54, 1.807) is 13.8 Å². The molecule has 1 aromatic rings. The first-order valence-corrected chi connectivity index (χ1v) is 6.50. The van der Waals surface area contributed by atoms with Crippen LogP contribution in [0.5, 0.6) is 5.75 Å². The SMILES string of the molecule is CC(C)CN(CC(F)(F)F)C(=O)c1ccccc1OC(F)F. The summed E-state index contributed by atoms with van der Waals surface area (Å²) in [7, 11) is 0. The normalized spacial score (nSPS) is 11.9. The largest absolute Gasteiger partial charge is 0.434 e. The van der Waals surface area contributed by atoms with E-state index in [1.807, 2.05) is 0 Å². The molecule has 1 amide bonds. The number of hydrogen-bond donors (Lipinski definition) is 0. The van der Waals surface area contributed by atoms with Crippen LogP contribution in [0.15, 0.2) is 24.3 Å². The highest BCUT2D eigenvalue weighted by Crippen LogP contribution is 2.24. The lowest BCUT2D eigenvalue weighted by atomic mass is 10.1. The van der Waals surface area contributed by atoms with E-state index >= 15 is 0 Å². The summed E-state index contributed by atoms with van der Waals surface area (Å²) in [6, 6.07) is 4.99. The first-order valence-electron chi connectivity index (χ1n) is 6.50. The number of rotatable bonds is 6. The predicted molar refractivity (Wildman–Crippen MR) is 69.9 cm³/mol. The number of nitrogens with zero attached hydrogens (tertiary/aromatic N) is 1. The van der Waals surface area contributed by atoms with Crippen LogP contribution in [0, 0.1) is 5.92 Å². The van der Waals surface area contributed by atoms with Crippen LogP contribution in [-0.2, 0) is 0 Å². The molecule has 0 N–H and O–H groups in total. The number of amides is 1. The molecule has 0 aliphatic carbocycles. The maximum Gasteiger partial charge on any atom is 0.406 e. The van der Waals surface area contributed by atoms with Crippen molar-refractivity contribution in [3.8, 4) is 5.75 Å². The van der Waals surface area contributed by atoms with Gasteiger partial charge in [-0.25, -0.2) is 0 Å². The molecule has 0 heterocycles. The summed E-state index contributed by atoms with van der Waals surface area (Å²) in [6.07, 6.45) is -4.58. The molecule has 0 unspecified atom stereocenters. The molecule has 0 atom stereocenters. The van der Waals surface area contributed by atoms with Crippen molar-refractivity contribution in [2.45, 2.75) is 26.6 Å². The van der Waals surface area contributed by atoms with E-state index in [9.17, 15) is 26.7 Å². The summed E-state index contributed by atoms with van der Waals surface area (Å²) in [6.45, 7) is -1.47. The standard InChI is InChI=1S/C14H16F5NO2/c1-9(2)7-20(8-14(17,18)19)12(21)10-5-3-4-6-11(10)22-13(15)16/h3-6,9,13H,7-8H2,1-2H3. The smallest absolute Gasteiger partial charge is 0.406 e. The minimum Gasteiger partial charge on any atom is -0.434 e. The number of benzene rings is 1. The Morgan fingerprint density at radius 1 is 1.23 bits per heavy atom. The molecule has 124 valence electrons. The van der Waals surface area contributed by atoms with Gasteiger partial charge in [0, 0.05) is 6.54 Å². The lowest BCUT2D eigenvalue weighted by molar-refractivity contribution is -0.141. The molecule has 8 heteroatoms. The Hall–Kier alpha value is -1.86. The van der Waals surface area contributed by atoms with Gasteiger partial charge < -0.3 is 9.64 Å². The molecule has 1 rings (SSSR count). The molecule has 0 saturated heterocycles. The second-order valence-corrected chi connectivity index (χ2v) is 5.07. The van der Waals surface area contributed by atoms with Crippen molar-refractivity contribution in [1.29, 1.82) is 0 Å². The summed E-state index contributed by atoms with van der Waals surface area (Å²) < 4.78 is 66.6. The number of halogens is 5. The van der Waals surface area contributed by atoms with Crippen LogP contribution in [0.4, 0.5) is 22.0 Å².